The lowest BCUT2D eigenvalue weighted by Gasteiger charge is -2.16. The molecular formula is C16H34O. The third-order valence-electron chi connectivity index (χ3n) is 3.30. The molecular weight excluding hydrogens is 208 g/mol. The monoisotopic (exact) mass is 242 g/mol. The molecule has 0 saturated heterocycles. The molecule has 0 aliphatic carbocycles. The van der Waals surface area contributed by atoms with E-state index in [1.807, 2.05) is 0 Å². The zero-order valence-corrected chi connectivity index (χ0v) is 12.5. The van der Waals surface area contributed by atoms with Crippen LogP contribution in [0.25, 0.3) is 0 Å². The molecule has 0 bridgehead atoms. The molecule has 1 nitrogen and oxygen atoms in total. The largest absolute Gasteiger partial charge is 0.378 e. The Bertz CT molecular complexity index is 133. The molecule has 0 aromatic carbocycles. The zero-order valence-electron chi connectivity index (χ0n) is 12.5. The fourth-order valence-corrected chi connectivity index (χ4v) is 2.25. The molecule has 0 rings (SSSR count). The topological polar surface area (TPSA) is 9.23 Å². The van der Waals surface area contributed by atoms with Gasteiger partial charge in [0.2, 0.25) is 0 Å². The maximum atomic E-state index is 5.88. The summed E-state index contributed by atoms with van der Waals surface area (Å²) in [5.74, 6) is 0. The van der Waals surface area contributed by atoms with E-state index in [1.165, 1.54) is 64.2 Å². The predicted molar refractivity (Wildman–Crippen MR) is 77.5 cm³/mol. The molecule has 0 aromatic heterocycles. The van der Waals surface area contributed by atoms with E-state index in [0.717, 1.165) is 13.0 Å². The van der Waals surface area contributed by atoms with Gasteiger partial charge in [0.25, 0.3) is 0 Å². The Kier molecular flexibility index (Phi) is 14.0. The van der Waals surface area contributed by atoms with Gasteiger partial charge in [-0.3, -0.25) is 0 Å². The Morgan fingerprint density at radius 2 is 1.29 bits per heavy atom. The molecule has 0 spiro atoms. The van der Waals surface area contributed by atoms with Gasteiger partial charge in [0.05, 0.1) is 6.10 Å². The summed E-state index contributed by atoms with van der Waals surface area (Å²) in [7, 11) is 0. The third-order valence-corrected chi connectivity index (χ3v) is 3.30. The molecule has 0 aromatic rings. The Balaban J connectivity index is 3.34. The molecule has 0 aliphatic heterocycles. The second-order valence-corrected chi connectivity index (χ2v) is 5.19. The van der Waals surface area contributed by atoms with Gasteiger partial charge in [-0.1, -0.05) is 72.1 Å². The van der Waals surface area contributed by atoms with Gasteiger partial charge in [-0.2, -0.15) is 0 Å². The normalized spacial score (nSPS) is 12.9. The predicted octanol–water partition coefficient (Wildman–Crippen LogP) is 5.72. The van der Waals surface area contributed by atoms with Crippen molar-refractivity contribution in [2.24, 2.45) is 0 Å². The number of ether oxygens (including phenoxy) is 1. The highest BCUT2D eigenvalue weighted by molar-refractivity contribution is 4.58. The summed E-state index contributed by atoms with van der Waals surface area (Å²) in [6, 6.07) is 0. The first-order valence-corrected chi connectivity index (χ1v) is 7.96. The number of hydrogen-bond donors (Lipinski definition) is 0. The van der Waals surface area contributed by atoms with Gasteiger partial charge >= 0.3 is 0 Å². The van der Waals surface area contributed by atoms with Gasteiger partial charge in [-0.15, -0.1) is 0 Å². The van der Waals surface area contributed by atoms with E-state index in [4.69, 9.17) is 4.74 Å². The van der Waals surface area contributed by atoms with Crippen LogP contribution in [0.4, 0.5) is 0 Å². The van der Waals surface area contributed by atoms with Crippen LogP contribution in [0.2, 0.25) is 0 Å². The number of rotatable bonds is 13. The van der Waals surface area contributed by atoms with Crippen molar-refractivity contribution in [2.45, 2.75) is 97.5 Å². The molecule has 1 unspecified atom stereocenters. The lowest BCUT2D eigenvalue weighted by Crippen LogP contribution is -2.13. The van der Waals surface area contributed by atoms with Gasteiger partial charge in [0.15, 0.2) is 0 Å². The highest BCUT2D eigenvalue weighted by Gasteiger charge is 2.06. The molecule has 104 valence electrons. The Hall–Kier alpha value is -0.0400. The van der Waals surface area contributed by atoms with E-state index < -0.39 is 0 Å². The summed E-state index contributed by atoms with van der Waals surface area (Å²) in [5.41, 5.74) is 0. The number of hydrogen-bond acceptors (Lipinski definition) is 1. The third kappa shape index (κ3) is 12.2. The zero-order chi connectivity index (χ0) is 12.8. The minimum absolute atomic E-state index is 0.538. The van der Waals surface area contributed by atoms with E-state index in [0.29, 0.717) is 6.10 Å². The molecule has 0 N–H and O–H groups in total. The van der Waals surface area contributed by atoms with Gasteiger partial charge in [0.1, 0.15) is 0 Å². The van der Waals surface area contributed by atoms with Crippen LogP contribution in [-0.4, -0.2) is 12.7 Å². The summed E-state index contributed by atoms with van der Waals surface area (Å²) in [5, 5.41) is 0. The maximum Gasteiger partial charge on any atom is 0.0575 e. The van der Waals surface area contributed by atoms with Crippen LogP contribution in [-0.2, 0) is 4.74 Å². The fraction of sp³-hybridized carbons (Fsp3) is 1.00. The molecule has 0 saturated carbocycles. The molecule has 0 aliphatic rings. The Morgan fingerprint density at radius 3 is 1.88 bits per heavy atom. The molecule has 0 radical (unpaired) electrons. The molecule has 0 heterocycles. The van der Waals surface area contributed by atoms with Gasteiger partial charge in [-0.05, 0) is 19.3 Å². The first kappa shape index (κ1) is 17.0. The van der Waals surface area contributed by atoms with E-state index in [1.54, 1.807) is 0 Å². The minimum atomic E-state index is 0.538. The summed E-state index contributed by atoms with van der Waals surface area (Å²) >= 11 is 0. The minimum Gasteiger partial charge on any atom is -0.378 e. The van der Waals surface area contributed by atoms with Crippen molar-refractivity contribution in [3.8, 4) is 0 Å². The van der Waals surface area contributed by atoms with Crippen LogP contribution in [0.5, 0.6) is 0 Å². The SMILES string of the molecule is CCCCCCCCCC(CCC)OCCC. The van der Waals surface area contributed by atoms with E-state index >= 15 is 0 Å². The molecule has 17 heavy (non-hydrogen) atoms. The second-order valence-electron chi connectivity index (χ2n) is 5.19. The van der Waals surface area contributed by atoms with Gasteiger partial charge < -0.3 is 4.74 Å². The summed E-state index contributed by atoms with van der Waals surface area (Å²) < 4.78 is 5.88. The highest BCUT2D eigenvalue weighted by Crippen LogP contribution is 2.14. The van der Waals surface area contributed by atoms with Crippen LogP contribution in [0, 0.1) is 0 Å². The van der Waals surface area contributed by atoms with Crippen molar-refractivity contribution >= 4 is 0 Å². The highest BCUT2D eigenvalue weighted by atomic mass is 16.5. The first-order chi connectivity index (χ1) is 8.35. The Morgan fingerprint density at radius 1 is 0.647 bits per heavy atom. The van der Waals surface area contributed by atoms with Crippen LogP contribution in [0.3, 0.4) is 0 Å². The van der Waals surface area contributed by atoms with E-state index in [2.05, 4.69) is 20.8 Å². The van der Waals surface area contributed by atoms with E-state index in [9.17, 15) is 0 Å². The van der Waals surface area contributed by atoms with Crippen molar-refractivity contribution < 1.29 is 4.74 Å². The van der Waals surface area contributed by atoms with Crippen molar-refractivity contribution in [3.63, 3.8) is 0 Å². The van der Waals surface area contributed by atoms with Crippen LogP contribution in [0.15, 0.2) is 0 Å². The lowest BCUT2D eigenvalue weighted by molar-refractivity contribution is 0.0398. The first-order valence-electron chi connectivity index (χ1n) is 7.96. The van der Waals surface area contributed by atoms with Crippen molar-refractivity contribution in [1.82, 2.24) is 0 Å². The second kappa shape index (κ2) is 14.0. The molecule has 0 amide bonds. The lowest BCUT2D eigenvalue weighted by atomic mass is 10.0. The van der Waals surface area contributed by atoms with Crippen molar-refractivity contribution in [1.29, 1.82) is 0 Å². The van der Waals surface area contributed by atoms with Crippen LogP contribution < -0.4 is 0 Å². The average Bonchev–Trinajstić information content (AvgIpc) is 2.34. The van der Waals surface area contributed by atoms with Crippen molar-refractivity contribution in [3.05, 3.63) is 0 Å². The van der Waals surface area contributed by atoms with Gasteiger partial charge in [-0.25, -0.2) is 0 Å². The molecule has 1 atom stereocenters. The quantitative estimate of drug-likeness (QED) is 0.375. The summed E-state index contributed by atoms with van der Waals surface area (Å²) in [6.07, 6.45) is 15.3. The standard InChI is InChI=1S/C16H34O/c1-4-7-8-9-10-11-12-14-16(13-5-2)17-15-6-3/h16H,4-15H2,1-3H3. The average molecular weight is 242 g/mol. The van der Waals surface area contributed by atoms with Crippen LogP contribution in [0.1, 0.15) is 91.4 Å². The van der Waals surface area contributed by atoms with Crippen LogP contribution >= 0.6 is 0 Å². The fourth-order valence-electron chi connectivity index (χ4n) is 2.25. The smallest absolute Gasteiger partial charge is 0.0575 e. The number of unbranched alkanes of at least 4 members (excludes halogenated alkanes) is 6. The summed E-state index contributed by atoms with van der Waals surface area (Å²) in [4.78, 5) is 0. The maximum absolute atomic E-state index is 5.88. The molecule has 1 heteroatoms. The Labute approximate surface area is 109 Å². The summed E-state index contributed by atoms with van der Waals surface area (Å²) in [6.45, 7) is 7.67. The van der Waals surface area contributed by atoms with Gasteiger partial charge in [0, 0.05) is 6.61 Å². The van der Waals surface area contributed by atoms with E-state index in [-0.39, 0.29) is 0 Å². The van der Waals surface area contributed by atoms with Crippen molar-refractivity contribution in [2.75, 3.05) is 6.61 Å². The molecule has 0 fully saturated rings.